The van der Waals surface area contributed by atoms with Gasteiger partial charge in [0.25, 0.3) is 0 Å². The Labute approximate surface area is 154 Å². The molecule has 0 aliphatic carbocycles. The summed E-state index contributed by atoms with van der Waals surface area (Å²) in [4.78, 5) is 16.2. The lowest BCUT2D eigenvalue weighted by atomic mass is 10.2. The number of amides is 1. The molecule has 2 heterocycles. The second-order valence-corrected chi connectivity index (χ2v) is 5.95. The Hall–Kier alpha value is -2.63. The van der Waals surface area contributed by atoms with E-state index < -0.39 is 0 Å². The monoisotopic (exact) mass is 372 g/mol. The molecule has 0 unspecified atom stereocenters. The molecule has 0 saturated heterocycles. The Kier molecular flexibility index (Phi) is 5.48. The van der Waals surface area contributed by atoms with E-state index in [0.717, 1.165) is 5.56 Å². The summed E-state index contributed by atoms with van der Waals surface area (Å²) in [7, 11) is 0. The number of hydrogen-bond acceptors (Lipinski definition) is 3. The normalized spacial score (nSPS) is 11.0. The first-order chi connectivity index (χ1) is 12.1. The number of carbonyl (C=O) groups is 1. The maximum absolute atomic E-state index is 12.1. The molecule has 0 aliphatic rings. The van der Waals surface area contributed by atoms with Crippen LogP contribution in [0.25, 0.3) is 6.08 Å². The first-order valence-electron chi connectivity index (χ1n) is 7.48. The van der Waals surface area contributed by atoms with Gasteiger partial charge in [0.2, 0.25) is 5.91 Å². The minimum absolute atomic E-state index is 0.274. The van der Waals surface area contributed by atoms with Gasteiger partial charge in [-0.25, -0.2) is 4.68 Å². The van der Waals surface area contributed by atoms with Crippen molar-refractivity contribution in [1.82, 2.24) is 14.8 Å². The third-order valence-electron chi connectivity index (χ3n) is 3.41. The van der Waals surface area contributed by atoms with Crippen molar-refractivity contribution in [1.29, 1.82) is 0 Å². The van der Waals surface area contributed by atoms with E-state index >= 15 is 0 Å². The van der Waals surface area contributed by atoms with Gasteiger partial charge in [-0.2, -0.15) is 5.10 Å². The van der Waals surface area contributed by atoms with Crippen molar-refractivity contribution in [2.45, 2.75) is 6.54 Å². The molecule has 0 radical (unpaired) electrons. The van der Waals surface area contributed by atoms with Crippen LogP contribution in [0.5, 0.6) is 0 Å². The maximum atomic E-state index is 12.1. The van der Waals surface area contributed by atoms with Gasteiger partial charge in [-0.15, -0.1) is 0 Å². The average molecular weight is 373 g/mol. The minimum Gasteiger partial charge on any atom is -0.307 e. The molecular weight excluding hydrogens is 359 g/mol. The summed E-state index contributed by atoms with van der Waals surface area (Å²) >= 11 is 12.2. The third-order valence-corrected chi connectivity index (χ3v) is 4.27. The summed E-state index contributed by atoms with van der Waals surface area (Å²) in [5.74, 6) is 0.288. The van der Waals surface area contributed by atoms with E-state index in [-0.39, 0.29) is 5.91 Å². The molecule has 0 atom stereocenters. The molecule has 0 aliphatic heterocycles. The van der Waals surface area contributed by atoms with E-state index in [1.54, 1.807) is 35.3 Å². The van der Waals surface area contributed by atoms with Crippen molar-refractivity contribution >= 4 is 41.0 Å². The summed E-state index contributed by atoms with van der Waals surface area (Å²) in [5.41, 5.74) is 1.52. The number of nitrogens with one attached hydrogen (secondary N) is 1. The fraction of sp³-hybridized carbons (Fsp3) is 0.0556. The Morgan fingerprint density at radius 1 is 1.12 bits per heavy atom. The predicted molar refractivity (Wildman–Crippen MR) is 99.7 cm³/mol. The van der Waals surface area contributed by atoms with Crippen LogP contribution >= 0.6 is 23.2 Å². The van der Waals surface area contributed by atoms with Crippen molar-refractivity contribution < 1.29 is 4.79 Å². The molecule has 5 nitrogen and oxygen atoms in total. The Morgan fingerprint density at radius 2 is 2.00 bits per heavy atom. The topological polar surface area (TPSA) is 59.8 Å². The highest BCUT2D eigenvalue weighted by molar-refractivity contribution is 6.42. The molecule has 1 aromatic carbocycles. The molecule has 3 aromatic rings. The minimum atomic E-state index is -0.274. The number of benzene rings is 1. The Bertz CT molecular complexity index is 906. The van der Waals surface area contributed by atoms with Crippen LogP contribution in [0, 0.1) is 0 Å². The average Bonchev–Trinajstić information content (AvgIpc) is 3.05. The molecule has 1 N–H and O–H groups in total. The van der Waals surface area contributed by atoms with E-state index in [0.29, 0.717) is 28.1 Å². The summed E-state index contributed by atoms with van der Waals surface area (Å²) in [5, 5.41) is 7.96. The van der Waals surface area contributed by atoms with E-state index in [1.165, 1.54) is 6.08 Å². The number of carbonyl (C=O) groups excluding carboxylic acids is 1. The Balaban J connectivity index is 1.70. The van der Waals surface area contributed by atoms with Gasteiger partial charge in [-0.05, 0) is 29.8 Å². The van der Waals surface area contributed by atoms with Gasteiger partial charge in [0.15, 0.2) is 0 Å². The first-order valence-corrected chi connectivity index (χ1v) is 8.24. The fourth-order valence-electron chi connectivity index (χ4n) is 2.20. The van der Waals surface area contributed by atoms with Gasteiger partial charge in [0.1, 0.15) is 5.82 Å². The van der Waals surface area contributed by atoms with Gasteiger partial charge < -0.3 is 5.32 Å². The van der Waals surface area contributed by atoms with Crippen LogP contribution in [0.2, 0.25) is 10.0 Å². The highest BCUT2D eigenvalue weighted by Gasteiger charge is 2.09. The molecule has 0 bridgehead atoms. The van der Waals surface area contributed by atoms with Gasteiger partial charge in [0.05, 0.1) is 28.5 Å². The van der Waals surface area contributed by atoms with Crippen molar-refractivity contribution in [3.8, 4) is 0 Å². The number of anilines is 1. The van der Waals surface area contributed by atoms with Crippen molar-refractivity contribution in [3.63, 3.8) is 0 Å². The van der Waals surface area contributed by atoms with E-state index in [9.17, 15) is 4.79 Å². The molecule has 1 amide bonds. The van der Waals surface area contributed by atoms with Crippen molar-refractivity contribution in [3.05, 3.63) is 82.2 Å². The number of pyridine rings is 1. The van der Waals surface area contributed by atoms with E-state index in [1.807, 2.05) is 30.3 Å². The van der Waals surface area contributed by atoms with Crippen LogP contribution in [-0.4, -0.2) is 20.7 Å². The maximum Gasteiger partial charge on any atom is 0.249 e. The summed E-state index contributed by atoms with van der Waals surface area (Å²) in [6, 6.07) is 12.6. The zero-order chi connectivity index (χ0) is 17.6. The van der Waals surface area contributed by atoms with Gasteiger partial charge in [-0.3, -0.25) is 9.78 Å². The van der Waals surface area contributed by atoms with Crippen LogP contribution in [0.1, 0.15) is 11.3 Å². The van der Waals surface area contributed by atoms with Gasteiger partial charge >= 0.3 is 0 Å². The van der Waals surface area contributed by atoms with Crippen LogP contribution in [0.15, 0.2) is 60.9 Å². The molecule has 0 spiro atoms. The molecule has 25 heavy (non-hydrogen) atoms. The second-order valence-electron chi connectivity index (χ2n) is 5.16. The van der Waals surface area contributed by atoms with E-state index in [2.05, 4.69) is 15.4 Å². The summed E-state index contributed by atoms with van der Waals surface area (Å²) in [6.07, 6.45) is 6.34. The van der Waals surface area contributed by atoms with Crippen LogP contribution in [0.3, 0.4) is 0 Å². The third kappa shape index (κ3) is 4.47. The zero-order valence-corrected chi connectivity index (χ0v) is 14.6. The molecular formula is C18H14Cl2N4O. The van der Waals surface area contributed by atoms with Crippen LogP contribution in [-0.2, 0) is 11.3 Å². The highest BCUT2D eigenvalue weighted by Crippen LogP contribution is 2.26. The lowest BCUT2D eigenvalue weighted by Gasteiger charge is -2.10. The highest BCUT2D eigenvalue weighted by atomic mass is 35.5. The fourth-order valence-corrected chi connectivity index (χ4v) is 2.58. The molecule has 0 fully saturated rings. The summed E-state index contributed by atoms with van der Waals surface area (Å²) < 4.78 is 1.64. The summed E-state index contributed by atoms with van der Waals surface area (Å²) in [6.45, 7) is 0.395. The number of aromatic nitrogens is 3. The predicted octanol–water partition coefficient (Wildman–Crippen LogP) is 4.29. The van der Waals surface area contributed by atoms with Crippen LogP contribution < -0.4 is 5.32 Å². The lowest BCUT2D eigenvalue weighted by Crippen LogP contribution is -2.14. The zero-order valence-electron chi connectivity index (χ0n) is 13.1. The smallest absolute Gasteiger partial charge is 0.249 e. The molecule has 126 valence electrons. The largest absolute Gasteiger partial charge is 0.307 e. The number of hydrogen-bond donors (Lipinski definition) is 1. The van der Waals surface area contributed by atoms with Gasteiger partial charge in [-0.1, -0.05) is 41.4 Å². The number of rotatable bonds is 5. The molecule has 2 aromatic heterocycles. The van der Waals surface area contributed by atoms with Crippen molar-refractivity contribution in [2.75, 3.05) is 5.32 Å². The number of nitrogens with zero attached hydrogens (tertiary/aromatic N) is 3. The number of halogens is 2. The quantitative estimate of drug-likeness (QED) is 0.679. The SMILES string of the molecule is O=C(C=Cc1ccccn1)Nc1ccnn1Cc1cccc(Cl)c1Cl. The second kappa shape index (κ2) is 7.96. The Morgan fingerprint density at radius 3 is 2.80 bits per heavy atom. The lowest BCUT2D eigenvalue weighted by molar-refractivity contribution is -0.111. The molecule has 0 saturated carbocycles. The molecule has 7 heteroatoms. The van der Waals surface area contributed by atoms with Gasteiger partial charge in [0, 0.05) is 18.3 Å². The van der Waals surface area contributed by atoms with E-state index in [4.69, 9.17) is 23.2 Å². The molecule has 3 rings (SSSR count). The van der Waals surface area contributed by atoms with Crippen molar-refractivity contribution in [2.24, 2.45) is 0 Å². The van der Waals surface area contributed by atoms with Crippen LogP contribution in [0.4, 0.5) is 5.82 Å². The standard InChI is InChI=1S/C18H14Cl2N4O/c19-15-6-3-4-13(18(15)20)12-24-16(9-11-22-24)23-17(25)8-7-14-5-1-2-10-21-14/h1-11H,12H2,(H,23,25). The first kappa shape index (κ1) is 17.2.